The van der Waals surface area contributed by atoms with Crippen LogP contribution in [0.15, 0.2) is 35.7 Å². The first-order chi connectivity index (χ1) is 11.9. The number of halogens is 2. The third-order valence-electron chi connectivity index (χ3n) is 3.21. The molecule has 1 heterocycles. The maximum Gasteiger partial charge on any atom is 0.347 e. The quantitative estimate of drug-likeness (QED) is 0.710. The molecule has 1 N–H and O–H groups in total. The molecular formula is C17H17Cl2NO4S. The molecule has 1 aromatic carbocycles. The number of thiophene rings is 1. The van der Waals surface area contributed by atoms with Gasteiger partial charge in [-0.2, -0.15) is 0 Å². The SMILES string of the molecule is C[C@H](OC(=O)[C@@H](C)Oc1ccc(Cl)cc1Cl)C(=O)NCc1cccs1. The van der Waals surface area contributed by atoms with Gasteiger partial charge < -0.3 is 14.8 Å². The average molecular weight is 402 g/mol. The van der Waals surface area contributed by atoms with Crippen molar-refractivity contribution in [1.29, 1.82) is 0 Å². The van der Waals surface area contributed by atoms with Gasteiger partial charge in [0, 0.05) is 9.90 Å². The molecule has 0 bridgehead atoms. The van der Waals surface area contributed by atoms with Gasteiger partial charge in [-0.05, 0) is 43.5 Å². The van der Waals surface area contributed by atoms with Crippen LogP contribution >= 0.6 is 34.5 Å². The molecule has 2 atom stereocenters. The van der Waals surface area contributed by atoms with Crippen molar-refractivity contribution in [2.24, 2.45) is 0 Å². The highest BCUT2D eigenvalue weighted by Crippen LogP contribution is 2.28. The van der Waals surface area contributed by atoms with Gasteiger partial charge in [0.1, 0.15) is 5.75 Å². The van der Waals surface area contributed by atoms with Crippen LogP contribution in [0.1, 0.15) is 18.7 Å². The van der Waals surface area contributed by atoms with Gasteiger partial charge in [0.25, 0.3) is 5.91 Å². The molecular weight excluding hydrogens is 385 g/mol. The van der Waals surface area contributed by atoms with Crippen LogP contribution in [0.2, 0.25) is 10.0 Å². The smallest absolute Gasteiger partial charge is 0.347 e. The number of hydrogen-bond acceptors (Lipinski definition) is 5. The molecule has 0 radical (unpaired) electrons. The van der Waals surface area contributed by atoms with E-state index in [-0.39, 0.29) is 10.9 Å². The van der Waals surface area contributed by atoms with Crippen LogP contribution < -0.4 is 10.1 Å². The Hall–Kier alpha value is -1.76. The zero-order valence-electron chi connectivity index (χ0n) is 13.6. The molecule has 0 saturated heterocycles. The van der Waals surface area contributed by atoms with Crippen LogP contribution in [0.4, 0.5) is 0 Å². The highest BCUT2D eigenvalue weighted by atomic mass is 35.5. The van der Waals surface area contributed by atoms with E-state index in [1.165, 1.54) is 31.3 Å². The molecule has 2 aromatic rings. The van der Waals surface area contributed by atoms with E-state index in [4.69, 9.17) is 32.7 Å². The summed E-state index contributed by atoms with van der Waals surface area (Å²) in [5, 5.41) is 5.38. The summed E-state index contributed by atoms with van der Waals surface area (Å²) in [5.41, 5.74) is 0. The summed E-state index contributed by atoms with van der Waals surface area (Å²) in [6.07, 6.45) is -1.86. The number of rotatable bonds is 7. The van der Waals surface area contributed by atoms with Crippen LogP contribution in [-0.2, 0) is 20.9 Å². The Labute approximate surface area is 159 Å². The topological polar surface area (TPSA) is 64.6 Å². The van der Waals surface area contributed by atoms with Gasteiger partial charge in [-0.1, -0.05) is 29.3 Å². The zero-order valence-corrected chi connectivity index (χ0v) is 16.0. The number of amides is 1. The standard InChI is InChI=1S/C17H17Cl2NO4S/c1-10(16(21)20-9-13-4-3-7-25-13)24-17(22)11(2)23-15-6-5-12(18)8-14(15)19/h3-8,10-11H,9H2,1-2H3,(H,20,21)/t10-,11+/m0/s1. The Kier molecular flexibility index (Phi) is 7.11. The Morgan fingerprint density at radius 1 is 1.20 bits per heavy atom. The number of nitrogens with one attached hydrogen (secondary N) is 1. The monoisotopic (exact) mass is 401 g/mol. The van der Waals surface area contributed by atoms with Crippen molar-refractivity contribution >= 4 is 46.4 Å². The van der Waals surface area contributed by atoms with E-state index in [1.54, 1.807) is 12.1 Å². The molecule has 2 rings (SSSR count). The van der Waals surface area contributed by atoms with Crippen LogP contribution in [0.5, 0.6) is 5.75 Å². The largest absolute Gasteiger partial charge is 0.477 e. The second-order valence-electron chi connectivity index (χ2n) is 5.21. The van der Waals surface area contributed by atoms with E-state index in [9.17, 15) is 9.59 Å². The van der Waals surface area contributed by atoms with Crippen LogP contribution in [0.3, 0.4) is 0 Å². The molecule has 0 aliphatic carbocycles. The number of carbonyl (C=O) groups is 2. The number of esters is 1. The lowest BCUT2D eigenvalue weighted by Gasteiger charge is -2.18. The van der Waals surface area contributed by atoms with Crippen molar-refractivity contribution in [2.75, 3.05) is 0 Å². The van der Waals surface area contributed by atoms with Crippen LogP contribution in [0, 0.1) is 0 Å². The van der Waals surface area contributed by atoms with Gasteiger partial charge in [0.15, 0.2) is 12.2 Å². The van der Waals surface area contributed by atoms with Gasteiger partial charge in [-0.15, -0.1) is 11.3 Å². The van der Waals surface area contributed by atoms with Crippen molar-refractivity contribution in [3.05, 3.63) is 50.6 Å². The lowest BCUT2D eigenvalue weighted by molar-refractivity contribution is -0.160. The summed E-state index contributed by atoms with van der Waals surface area (Å²) >= 11 is 13.3. The van der Waals surface area contributed by atoms with Crippen LogP contribution in [0.25, 0.3) is 0 Å². The van der Waals surface area contributed by atoms with Gasteiger partial charge in [0.05, 0.1) is 11.6 Å². The van der Waals surface area contributed by atoms with E-state index < -0.39 is 18.2 Å². The van der Waals surface area contributed by atoms with E-state index in [1.807, 2.05) is 17.5 Å². The summed E-state index contributed by atoms with van der Waals surface area (Å²) in [6.45, 7) is 3.41. The number of benzene rings is 1. The molecule has 0 saturated carbocycles. The molecule has 8 heteroatoms. The van der Waals surface area contributed by atoms with Gasteiger partial charge in [-0.25, -0.2) is 4.79 Å². The summed E-state index contributed by atoms with van der Waals surface area (Å²) in [6, 6.07) is 8.48. The Morgan fingerprint density at radius 3 is 2.60 bits per heavy atom. The maximum absolute atomic E-state index is 12.1. The molecule has 134 valence electrons. The minimum absolute atomic E-state index is 0.286. The molecule has 1 amide bonds. The van der Waals surface area contributed by atoms with E-state index >= 15 is 0 Å². The lowest BCUT2D eigenvalue weighted by Crippen LogP contribution is -2.38. The van der Waals surface area contributed by atoms with E-state index in [2.05, 4.69) is 5.32 Å². The third kappa shape index (κ3) is 5.92. The van der Waals surface area contributed by atoms with Gasteiger partial charge in [0.2, 0.25) is 0 Å². The second kappa shape index (κ2) is 9.08. The second-order valence-corrected chi connectivity index (χ2v) is 7.09. The normalized spacial score (nSPS) is 13.0. The van der Waals surface area contributed by atoms with Crippen molar-refractivity contribution < 1.29 is 19.1 Å². The number of ether oxygens (including phenoxy) is 2. The highest BCUT2D eigenvalue weighted by molar-refractivity contribution is 7.09. The Bertz CT molecular complexity index is 736. The average Bonchev–Trinajstić information content (AvgIpc) is 3.08. The molecule has 5 nitrogen and oxygen atoms in total. The molecule has 0 aliphatic rings. The Balaban J connectivity index is 1.83. The summed E-state index contributed by atoms with van der Waals surface area (Å²) in [5.74, 6) is -0.728. The predicted molar refractivity (Wildman–Crippen MR) is 98.3 cm³/mol. The number of carbonyl (C=O) groups excluding carboxylic acids is 2. The fraction of sp³-hybridized carbons (Fsp3) is 0.294. The van der Waals surface area contributed by atoms with E-state index in [0.29, 0.717) is 17.3 Å². The van der Waals surface area contributed by atoms with Gasteiger partial charge >= 0.3 is 5.97 Å². The minimum atomic E-state index is -0.931. The van der Waals surface area contributed by atoms with Crippen molar-refractivity contribution in [2.45, 2.75) is 32.6 Å². The maximum atomic E-state index is 12.1. The molecule has 0 aliphatic heterocycles. The minimum Gasteiger partial charge on any atom is -0.477 e. The molecule has 1 aromatic heterocycles. The predicted octanol–water partition coefficient (Wildman–Crippen LogP) is 4.07. The first kappa shape index (κ1) is 19.6. The first-order valence-corrected chi connectivity index (χ1v) is 9.12. The Morgan fingerprint density at radius 2 is 1.96 bits per heavy atom. The fourth-order valence-electron chi connectivity index (χ4n) is 1.86. The summed E-state index contributed by atoms with van der Waals surface area (Å²) in [4.78, 5) is 25.1. The summed E-state index contributed by atoms with van der Waals surface area (Å²) < 4.78 is 10.6. The first-order valence-electron chi connectivity index (χ1n) is 7.49. The van der Waals surface area contributed by atoms with Crippen molar-refractivity contribution in [3.63, 3.8) is 0 Å². The van der Waals surface area contributed by atoms with Gasteiger partial charge in [-0.3, -0.25) is 4.79 Å². The third-order valence-corrected chi connectivity index (χ3v) is 4.62. The summed E-state index contributed by atoms with van der Waals surface area (Å²) in [7, 11) is 0. The van der Waals surface area contributed by atoms with Crippen molar-refractivity contribution in [3.8, 4) is 5.75 Å². The lowest BCUT2D eigenvalue weighted by atomic mass is 10.3. The van der Waals surface area contributed by atoms with Crippen LogP contribution in [-0.4, -0.2) is 24.1 Å². The van der Waals surface area contributed by atoms with Crippen molar-refractivity contribution in [1.82, 2.24) is 5.32 Å². The molecule has 0 unspecified atom stereocenters. The number of hydrogen-bond donors (Lipinski definition) is 1. The molecule has 0 spiro atoms. The highest BCUT2D eigenvalue weighted by Gasteiger charge is 2.23. The van der Waals surface area contributed by atoms with E-state index in [0.717, 1.165) is 4.88 Å². The zero-order chi connectivity index (χ0) is 18.4. The molecule has 25 heavy (non-hydrogen) atoms. The molecule has 0 fully saturated rings. The fourth-order valence-corrected chi connectivity index (χ4v) is 2.96.